The largest absolute Gasteiger partial charge is 0.416 e. The highest BCUT2D eigenvalue weighted by molar-refractivity contribution is 6.30. The monoisotopic (exact) mass is 541 g/mol. The molecular weight excluding hydrogens is 520 g/mol. The van der Waals surface area contributed by atoms with E-state index in [4.69, 9.17) is 11.6 Å². The van der Waals surface area contributed by atoms with Gasteiger partial charge in [-0.1, -0.05) is 41.9 Å². The zero-order chi connectivity index (χ0) is 26.8. The van der Waals surface area contributed by atoms with E-state index < -0.39 is 47.9 Å². The maximum absolute atomic E-state index is 14.6. The molecule has 0 radical (unpaired) electrons. The predicted octanol–water partition coefficient (Wildman–Crippen LogP) is 6.82. The number of urea groups is 1. The van der Waals surface area contributed by atoms with Crippen molar-refractivity contribution in [2.75, 3.05) is 13.1 Å². The molecule has 0 spiro atoms. The molecule has 1 unspecified atom stereocenters. The normalized spacial score (nSPS) is 17.2. The average molecular weight is 542 g/mol. The minimum absolute atomic E-state index is 0.0927. The Morgan fingerprint density at radius 2 is 1.65 bits per heavy atom. The number of piperidine rings is 1. The third-order valence-corrected chi connectivity index (χ3v) is 6.52. The molecule has 1 aliphatic rings. The predicted molar refractivity (Wildman–Crippen MR) is 126 cm³/mol. The van der Waals surface area contributed by atoms with Gasteiger partial charge >= 0.3 is 12.2 Å². The number of carbonyl (C=O) groups excluding carboxylic acids is 1. The summed E-state index contributed by atoms with van der Waals surface area (Å²) >= 11 is 5.99. The minimum Gasteiger partial charge on any atom is -0.324 e. The van der Waals surface area contributed by atoms with E-state index in [1.165, 1.54) is 18.3 Å². The van der Waals surface area contributed by atoms with Crippen molar-refractivity contribution in [3.8, 4) is 0 Å². The number of hydrogen-bond acceptors (Lipinski definition) is 2. The van der Waals surface area contributed by atoms with Gasteiger partial charge in [-0.3, -0.25) is 4.98 Å². The molecule has 3 aromatic rings. The zero-order valence-electron chi connectivity index (χ0n) is 19.3. The summed E-state index contributed by atoms with van der Waals surface area (Å²) < 4.78 is 83.1. The van der Waals surface area contributed by atoms with E-state index >= 15 is 0 Å². The number of benzene rings is 2. The average Bonchev–Trinajstić information content (AvgIpc) is 2.83. The van der Waals surface area contributed by atoms with Crippen molar-refractivity contribution in [2.45, 2.75) is 36.9 Å². The molecule has 1 fully saturated rings. The number of halogens is 7. The third-order valence-electron chi connectivity index (χ3n) is 6.30. The number of carbonyl (C=O) groups is 1. The number of nitrogens with one attached hydrogen (secondary N) is 1. The van der Waals surface area contributed by atoms with E-state index in [-0.39, 0.29) is 35.8 Å². The van der Waals surface area contributed by atoms with Crippen LogP contribution in [0, 0.1) is 5.82 Å². The first-order chi connectivity index (χ1) is 17.4. The first-order valence-electron chi connectivity index (χ1n) is 11.4. The Balaban J connectivity index is 1.89. The highest BCUT2D eigenvalue weighted by Crippen LogP contribution is 2.38. The number of nitrogens with zero attached hydrogens (tertiary/aromatic N) is 2. The zero-order valence-corrected chi connectivity index (χ0v) is 20.1. The molecule has 4 rings (SSSR count). The molecule has 0 saturated carbocycles. The molecule has 4 nitrogen and oxygen atoms in total. The van der Waals surface area contributed by atoms with E-state index in [1.807, 2.05) is 0 Å². The maximum atomic E-state index is 14.6. The molecule has 2 aromatic carbocycles. The SMILES string of the molecule is O=C(NC(Cc1ccccc1)(c1cc(F)cc(C(F)(F)F)c1)c1ccc(Cl)cn1)N1CCC(F)(F)CC1. The lowest BCUT2D eigenvalue weighted by Gasteiger charge is -2.39. The van der Waals surface area contributed by atoms with E-state index in [9.17, 15) is 31.1 Å². The van der Waals surface area contributed by atoms with Crippen LogP contribution in [0.4, 0.5) is 31.1 Å². The lowest BCUT2D eigenvalue weighted by atomic mass is 9.79. The number of amides is 2. The summed E-state index contributed by atoms with van der Waals surface area (Å²) in [4.78, 5) is 18.8. The molecule has 196 valence electrons. The van der Waals surface area contributed by atoms with Crippen LogP contribution < -0.4 is 5.32 Å². The fraction of sp³-hybridized carbons (Fsp3) is 0.308. The lowest BCUT2D eigenvalue weighted by Crippen LogP contribution is -2.55. The molecule has 1 aromatic heterocycles. The number of aromatic nitrogens is 1. The van der Waals surface area contributed by atoms with E-state index in [0.717, 1.165) is 17.0 Å². The summed E-state index contributed by atoms with van der Waals surface area (Å²) in [6.45, 7) is -0.517. The van der Waals surface area contributed by atoms with Crippen molar-refractivity contribution in [3.63, 3.8) is 0 Å². The van der Waals surface area contributed by atoms with Crippen molar-refractivity contribution < 1.29 is 31.1 Å². The van der Waals surface area contributed by atoms with Crippen LogP contribution >= 0.6 is 11.6 Å². The number of hydrogen-bond donors (Lipinski definition) is 1. The van der Waals surface area contributed by atoms with Gasteiger partial charge in [0, 0.05) is 38.5 Å². The molecule has 2 amide bonds. The second-order valence-electron chi connectivity index (χ2n) is 8.93. The quantitative estimate of drug-likeness (QED) is 0.360. The molecule has 1 atom stereocenters. The smallest absolute Gasteiger partial charge is 0.324 e. The second-order valence-corrected chi connectivity index (χ2v) is 9.37. The van der Waals surface area contributed by atoms with Gasteiger partial charge in [0.1, 0.15) is 11.4 Å². The van der Waals surface area contributed by atoms with Crippen molar-refractivity contribution in [1.82, 2.24) is 15.2 Å². The van der Waals surface area contributed by atoms with Crippen LogP contribution in [0.15, 0.2) is 66.9 Å². The van der Waals surface area contributed by atoms with Crippen molar-refractivity contribution >= 4 is 17.6 Å². The molecule has 1 aliphatic heterocycles. The molecular formula is C26H22ClF6N3O. The molecule has 2 heterocycles. The molecule has 1 N–H and O–H groups in total. The van der Waals surface area contributed by atoms with Crippen LogP contribution in [-0.4, -0.2) is 34.9 Å². The van der Waals surface area contributed by atoms with Gasteiger partial charge in [0.2, 0.25) is 0 Å². The second kappa shape index (κ2) is 10.2. The van der Waals surface area contributed by atoms with Gasteiger partial charge in [-0.2, -0.15) is 13.2 Å². The highest BCUT2D eigenvalue weighted by Gasteiger charge is 2.43. The van der Waals surface area contributed by atoms with Gasteiger partial charge in [-0.15, -0.1) is 0 Å². The lowest BCUT2D eigenvalue weighted by molar-refractivity contribution is -0.137. The topological polar surface area (TPSA) is 45.2 Å². The first kappa shape index (κ1) is 26.8. The molecule has 0 bridgehead atoms. The van der Waals surface area contributed by atoms with Crippen LogP contribution in [-0.2, 0) is 18.1 Å². The van der Waals surface area contributed by atoms with Gasteiger partial charge < -0.3 is 10.2 Å². The summed E-state index contributed by atoms with van der Waals surface area (Å²) in [6, 6.07) is 12.6. The Morgan fingerprint density at radius 3 is 2.24 bits per heavy atom. The minimum atomic E-state index is -4.87. The van der Waals surface area contributed by atoms with E-state index in [2.05, 4.69) is 10.3 Å². The molecule has 1 saturated heterocycles. The highest BCUT2D eigenvalue weighted by atomic mass is 35.5. The summed E-state index contributed by atoms with van der Waals surface area (Å²) in [6.07, 6.45) is -4.83. The maximum Gasteiger partial charge on any atom is 0.416 e. The Labute approximate surface area is 214 Å². The first-order valence-corrected chi connectivity index (χ1v) is 11.7. The van der Waals surface area contributed by atoms with E-state index in [0.29, 0.717) is 11.6 Å². The summed E-state index contributed by atoms with van der Waals surface area (Å²) in [5.41, 5.74) is -2.57. The molecule has 0 aliphatic carbocycles. The summed E-state index contributed by atoms with van der Waals surface area (Å²) in [5, 5.41) is 2.97. The number of likely N-dealkylation sites (tertiary alicyclic amines) is 1. The van der Waals surface area contributed by atoms with Crippen molar-refractivity contribution in [2.24, 2.45) is 0 Å². The Bertz CT molecular complexity index is 1240. The number of alkyl halides is 5. The van der Waals surface area contributed by atoms with Gasteiger partial charge in [0.15, 0.2) is 0 Å². The third kappa shape index (κ3) is 6.18. The Morgan fingerprint density at radius 1 is 1.00 bits per heavy atom. The molecule has 37 heavy (non-hydrogen) atoms. The summed E-state index contributed by atoms with van der Waals surface area (Å²) in [7, 11) is 0. The van der Waals surface area contributed by atoms with Crippen LogP contribution in [0.2, 0.25) is 5.02 Å². The van der Waals surface area contributed by atoms with Crippen LogP contribution in [0.1, 0.15) is 35.2 Å². The molecule has 11 heteroatoms. The van der Waals surface area contributed by atoms with E-state index in [1.54, 1.807) is 30.3 Å². The summed E-state index contributed by atoms with van der Waals surface area (Å²) in [5.74, 6) is -4.08. The van der Waals surface area contributed by atoms with Crippen molar-refractivity contribution in [1.29, 1.82) is 0 Å². The van der Waals surface area contributed by atoms with Gasteiger partial charge in [-0.05, 0) is 41.5 Å². The van der Waals surface area contributed by atoms with Crippen LogP contribution in [0.25, 0.3) is 0 Å². The standard InChI is InChI=1S/C26H22ClF6N3O/c27-20-6-7-22(34-16-20)25(15-17-4-2-1-3-5-17,18-12-19(26(31,32)33)14-21(28)13-18)35-23(37)36-10-8-24(29,30)9-11-36/h1-7,12-14,16H,8-11,15H2,(H,35,37). The van der Waals surface area contributed by atoms with Crippen LogP contribution in [0.3, 0.4) is 0 Å². The van der Waals surface area contributed by atoms with Gasteiger partial charge in [0.05, 0.1) is 16.3 Å². The fourth-order valence-electron chi connectivity index (χ4n) is 4.35. The van der Waals surface area contributed by atoms with Crippen LogP contribution in [0.5, 0.6) is 0 Å². The van der Waals surface area contributed by atoms with Crippen molar-refractivity contribution in [3.05, 3.63) is 100 Å². The van der Waals surface area contributed by atoms with Gasteiger partial charge in [-0.25, -0.2) is 18.0 Å². The number of rotatable bonds is 5. The van der Waals surface area contributed by atoms with Gasteiger partial charge in [0.25, 0.3) is 5.92 Å². The Hall–Kier alpha value is -3.27. The Kier molecular flexibility index (Phi) is 7.41. The fourth-order valence-corrected chi connectivity index (χ4v) is 4.46. The number of pyridine rings is 1.